The first-order valence-corrected chi connectivity index (χ1v) is 13.4. The molecule has 0 amide bonds. The monoisotopic (exact) mass is 501 g/mol. The molecule has 1 saturated heterocycles. The molecule has 0 saturated carbocycles. The third-order valence-electron chi connectivity index (χ3n) is 7.78. The fourth-order valence-corrected chi connectivity index (χ4v) is 6.13. The molecule has 2 unspecified atom stereocenters. The number of imidazole rings is 1. The number of tetrazole rings is 1. The van der Waals surface area contributed by atoms with Crippen molar-refractivity contribution in [2.45, 2.75) is 69.9 Å². The minimum absolute atomic E-state index is 0.0333. The highest BCUT2D eigenvalue weighted by Crippen LogP contribution is 2.51. The van der Waals surface area contributed by atoms with Crippen molar-refractivity contribution in [3.05, 3.63) is 60.4 Å². The molecule has 1 fully saturated rings. The SMILES string of the molecule is CCCCCCCCN1CCC(c2ccccc2-c2nn[nH]n2)C1(CC(=O)O)n1cnc2ccccc21. The fourth-order valence-electron chi connectivity index (χ4n) is 6.13. The number of aromatic nitrogens is 6. The molecule has 37 heavy (non-hydrogen) atoms. The molecular formula is C28H35N7O2. The van der Waals surface area contributed by atoms with Crippen LogP contribution in [-0.2, 0) is 10.5 Å². The Morgan fingerprint density at radius 2 is 1.86 bits per heavy atom. The number of carboxylic acid groups (broad SMARTS) is 1. The van der Waals surface area contributed by atoms with Gasteiger partial charge in [-0.3, -0.25) is 9.69 Å². The number of hydrogen-bond donors (Lipinski definition) is 2. The number of rotatable bonds is 12. The first-order chi connectivity index (χ1) is 18.1. The average Bonchev–Trinajstić information content (AvgIpc) is 3.65. The lowest BCUT2D eigenvalue weighted by Gasteiger charge is -2.43. The van der Waals surface area contributed by atoms with Crippen molar-refractivity contribution >= 4 is 17.0 Å². The number of nitrogens with one attached hydrogen (secondary N) is 1. The zero-order chi connectivity index (χ0) is 25.7. The summed E-state index contributed by atoms with van der Waals surface area (Å²) in [5.41, 5.74) is 2.91. The third-order valence-corrected chi connectivity index (χ3v) is 7.78. The second-order valence-corrected chi connectivity index (χ2v) is 9.97. The molecule has 2 atom stereocenters. The average molecular weight is 502 g/mol. The third kappa shape index (κ3) is 4.87. The number of carboxylic acids is 1. The molecule has 0 radical (unpaired) electrons. The van der Waals surface area contributed by atoms with Gasteiger partial charge in [-0.2, -0.15) is 5.21 Å². The predicted octanol–water partition coefficient (Wildman–Crippen LogP) is 5.19. The topological polar surface area (TPSA) is 113 Å². The fraction of sp³-hybridized carbons (Fsp3) is 0.464. The van der Waals surface area contributed by atoms with Crippen molar-refractivity contribution in [3.63, 3.8) is 0 Å². The van der Waals surface area contributed by atoms with E-state index in [0.29, 0.717) is 5.82 Å². The quantitative estimate of drug-likeness (QED) is 0.257. The predicted molar refractivity (Wildman–Crippen MR) is 142 cm³/mol. The lowest BCUT2D eigenvalue weighted by Crippen LogP contribution is -2.51. The summed E-state index contributed by atoms with van der Waals surface area (Å²) < 4.78 is 2.12. The zero-order valence-electron chi connectivity index (χ0n) is 21.4. The van der Waals surface area contributed by atoms with Gasteiger partial charge in [0.1, 0.15) is 5.66 Å². The molecule has 2 N–H and O–H groups in total. The Kier molecular flexibility index (Phi) is 7.60. The van der Waals surface area contributed by atoms with Crippen LogP contribution in [0.15, 0.2) is 54.9 Å². The molecule has 0 bridgehead atoms. The van der Waals surface area contributed by atoms with Crippen molar-refractivity contribution in [2.24, 2.45) is 0 Å². The van der Waals surface area contributed by atoms with E-state index >= 15 is 0 Å². The minimum Gasteiger partial charge on any atom is -0.481 e. The summed E-state index contributed by atoms with van der Waals surface area (Å²) in [6.07, 6.45) is 9.77. The van der Waals surface area contributed by atoms with Crippen molar-refractivity contribution in [3.8, 4) is 11.4 Å². The van der Waals surface area contributed by atoms with E-state index in [1.54, 1.807) is 0 Å². The van der Waals surface area contributed by atoms with Gasteiger partial charge in [0.2, 0.25) is 5.82 Å². The molecule has 2 aromatic heterocycles. The molecule has 0 spiro atoms. The van der Waals surface area contributed by atoms with E-state index in [0.717, 1.165) is 54.5 Å². The zero-order valence-corrected chi connectivity index (χ0v) is 21.4. The first kappa shape index (κ1) is 25.1. The normalized spacial score (nSPS) is 20.1. The van der Waals surface area contributed by atoms with Crippen LogP contribution in [0.5, 0.6) is 0 Å². The number of benzene rings is 2. The van der Waals surface area contributed by atoms with Crippen LogP contribution in [-0.4, -0.2) is 59.2 Å². The van der Waals surface area contributed by atoms with E-state index in [4.69, 9.17) is 0 Å². The van der Waals surface area contributed by atoms with Gasteiger partial charge >= 0.3 is 5.97 Å². The summed E-state index contributed by atoms with van der Waals surface area (Å²) in [5, 5.41) is 25.1. The van der Waals surface area contributed by atoms with Gasteiger partial charge in [-0.15, -0.1) is 10.2 Å². The number of aromatic amines is 1. The Hall–Kier alpha value is -3.59. The smallest absolute Gasteiger partial charge is 0.307 e. The Balaban J connectivity index is 1.60. The summed E-state index contributed by atoms with van der Waals surface area (Å²) >= 11 is 0. The maximum Gasteiger partial charge on any atom is 0.307 e. The van der Waals surface area contributed by atoms with Crippen molar-refractivity contribution in [2.75, 3.05) is 13.1 Å². The number of carbonyl (C=O) groups is 1. The van der Waals surface area contributed by atoms with Crippen molar-refractivity contribution in [1.82, 2.24) is 35.1 Å². The van der Waals surface area contributed by atoms with Gasteiger partial charge in [0.25, 0.3) is 0 Å². The number of aliphatic carboxylic acids is 1. The molecule has 9 nitrogen and oxygen atoms in total. The summed E-state index contributed by atoms with van der Waals surface area (Å²) in [4.78, 5) is 19.7. The second-order valence-electron chi connectivity index (χ2n) is 9.97. The molecule has 4 aromatic rings. The summed E-state index contributed by atoms with van der Waals surface area (Å²) in [6.45, 7) is 3.87. The molecule has 0 aliphatic carbocycles. The van der Waals surface area contributed by atoms with Gasteiger partial charge in [0.15, 0.2) is 0 Å². The van der Waals surface area contributed by atoms with Crippen LogP contribution < -0.4 is 0 Å². The molecule has 9 heteroatoms. The molecule has 5 rings (SSSR count). The van der Waals surface area contributed by atoms with Crippen LogP contribution in [0.4, 0.5) is 0 Å². The van der Waals surface area contributed by atoms with E-state index in [2.05, 4.69) is 48.1 Å². The molecule has 3 heterocycles. The Morgan fingerprint density at radius 1 is 1.08 bits per heavy atom. The molecule has 194 valence electrons. The number of para-hydroxylation sites is 2. The number of nitrogens with zero attached hydrogens (tertiary/aromatic N) is 6. The van der Waals surface area contributed by atoms with Gasteiger partial charge in [-0.05, 0) is 35.8 Å². The number of hydrogen-bond acceptors (Lipinski definition) is 6. The summed E-state index contributed by atoms with van der Waals surface area (Å²) in [5.74, 6) is -0.407. The number of unbranched alkanes of at least 4 members (excludes halogenated alkanes) is 5. The summed E-state index contributed by atoms with van der Waals surface area (Å²) in [7, 11) is 0. The van der Waals surface area contributed by atoms with Gasteiger partial charge in [0.05, 0.1) is 23.8 Å². The van der Waals surface area contributed by atoms with Crippen LogP contribution in [0.1, 0.15) is 69.8 Å². The van der Waals surface area contributed by atoms with Crippen LogP contribution in [0.25, 0.3) is 22.4 Å². The van der Waals surface area contributed by atoms with E-state index in [9.17, 15) is 9.90 Å². The van der Waals surface area contributed by atoms with E-state index in [1.807, 2.05) is 48.8 Å². The lowest BCUT2D eigenvalue weighted by molar-refractivity contribution is -0.142. The van der Waals surface area contributed by atoms with Crippen LogP contribution >= 0.6 is 0 Å². The van der Waals surface area contributed by atoms with E-state index in [-0.39, 0.29) is 12.3 Å². The molecule has 1 aliphatic rings. The maximum absolute atomic E-state index is 12.6. The minimum atomic E-state index is -0.824. The van der Waals surface area contributed by atoms with Crippen molar-refractivity contribution in [1.29, 1.82) is 0 Å². The van der Waals surface area contributed by atoms with Crippen molar-refractivity contribution < 1.29 is 9.90 Å². The van der Waals surface area contributed by atoms with Gasteiger partial charge in [-0.25, -0.2) is 4.98 Å². The first-order valence-electron chi connectivity index (χ1n) is 13.4. The number of likely N-dealkylation sites (tertiary alicyclic amines) is 1. The Labute approximate surface area is 216 Å². The lowest BCUT2D eigenvalue weighted by atomic mass is 9.81. The summed E-state index contributed by atoms with van der Waals surface area (Å²) in [6, 6.07) is 16.0. The van der Waals surface area contributed by atoms with E-state index in [1.165, 1.54) is 25.7 Å². The van der Waals surface area contributed by atoms with Gasteiger partial charge in [-0.1, -0.05) is 75.4 Å². The Bertz CT molecular complexity index is 1320. The van der Waals surface area contributed by atoms with Crippen LogP contribution in [0, 0.1) is 0 Å². The molecule has 1 aliphatic heterocycles. The van der Waals surface area contributed by atoms with Gasteiger partial charge in [0, 0.05) is 24.6 Å². The number of fused-ring (bicyclic) bond motifs is 1. The Morgan fingerprint density at radius 3 is 2.68 bits per heavy atom. The van der Waals surface area contributed by atoms with E-state index < -0.39 is 11.6 Å². The highest BCUT2D eigenvalue weighted by atomic mass is 16.4. The molecule has 2 aromatic carbocycles. The second kappa shape index (κ2) is 11.2. The molecular weight excluding hydrogens is 466 g/mol. The van der Waals surface area contributed by atoms with Crippen LogP contribution in [0.2, 0.25) is 0 Å². The maximum atomic E-state index is 12.6. The number of H-pyrrole nitrogens is 1. The highest BCUT2D eigenvalue weighted by molar-refractivity contribution is 5.77. The standard InChI is InChI=1S/C28H35N7O2/c1-2-3-4-5-6-11-17-34-18-16-23(21-12-7-8-13-22(21)27-30-32-33-31-27)28(34,19-26(36)37)35-20-29-24-14-9-10-15-25(24)35/h7-10,12-15,20,23H,2-6,11,16-19H2,1H3,(H,36,37)(H,30,31,32,33). The largest absolute Gasteiger partial charge is 0.481 e. The van der Waals surface area contributed by atoms with Gasteiger partial charge < -0.3 is 9.67 Å². The highest BCUT2D eigenvalue weighted by Gasteiger charge is 2.53. The van der Waals surface area contributed by atoms with Crippen LogP contribution in [0.3, 0.4) is 0 Å².